The number of aromatic nitrogens is 2. The smallest absolute Gasteiger partial charge is 0.323 e. The van der Waals surface area contributed by atoms with Crippen molar-refractivity contribution in [1.29, 1.82) is 0 Å². The molecule has 0 bridgehead atoms. The minimum atomic E-state index is -1.06. The molecule has 3 aromatic rings. The second kappa shape index (κ2) is 7.22. The van der Waals surface area contributed by atoms with Crippen LogP contribution in [0, 0.1) is 20.8 Å². The number of furan rings is 1. The molecule has 142 valence electrons. The first-order valence-electron chi connectivity index (χ1n) is 8.67. The molecule has 0 aromatic carbocycles. The van der Waals surface area contributed by atoms with Crippen molar-refractivity contribution in [2.24, 2.45) is 0 Å². The highest BCUT2D eigenvalue weighted by Crippen LogP contribution is 2.31. The third-order valence-electron chi connectivity index (χ3n) is 4.27. The van der Waals surface area contributed by atoms with Gasteiger partial charge in [-0.1, -0.05) is 12.1 Å². The van der Waals surface area contributed by atoms with Gasteiger partial charge in [-0.15, -0.1) is 0 Å². The number of carboxylic acid groups (broad SMARTS) is 1. The Labute approximate surface area is 155 Å². The van der Waals surface area contributed by atoms with Crippen LogP contribution in [0.5, 0.6) is 0 Å². The Balaban J connectivity index is 2.18. The predicted octanol–water partition coefficient (Wildman–Crippen LogP) is 3.34. The molecule has 0 fully saturated rings. The van der Waals surface area contributed by atoms with Gasteiger partial charge >= 0.3 is 5.97 Å². The van der Waals surface area contributed by atoms with E-state index in [-0.39, 0.29) is 12.3 Å². The number of carbonyl (C=O) groups excluding carboxylic acids is 1. The third kappa shape index (κ3) is 3.55. The van der Waals surface area contributed by atoms with Crippen molar-refractivity contribution in [1.82, 2.24) is 15.0 Å². The molecule has 8 heteroatoms. The molecule has 0 radical (unpaired) electrons. The van der Waals surface area contributed by atoms with Crippen LogP contribution >= 0.6 is 0 Å². The SMILES string of the molecule is CCCN(CC(=O)O)C(=O)c1cc(-c2cc(C)oc2C)nc2onc(C)c12. The Kier molecular flexibility index (Phi) is 4.98. The molecule has 3 aromatic heterocycles. The number of carboxylic acids is 1. The summed E-state index contributed by atoms with van der Waals surface area (Å²) < 4.78 is 10.9. The minimum absolute atomic E-state index is 0.235. The summed E-state index contributed by atoms with van der Waals surface area (Å²) in [5.41, 5.74) is 2.35. The highest BCUT2D eigenvalue weighted by atomic mass is 16.5. The zero-order chi connectivity index (χ0) is 19.7. The van der Waals surface area contributed by atoms with Gasteiger partial charge in [0.15, 0.2) is 0 Å². The van der Waals surface area contributed by atoms with Crippen LogP contribution in [0.3, 0.4) is 0 Å². The van der Waals surface area contributed by atoms with E-state index in [9.17, 15) is 9.59 Å². The molecule has 1 amide bonds. The van der Waals surface area contributed by atoms with Crippen molar-refractivity contribution in [2.75, 3.05) is 13.1 Å². The largest absolute Gasteiger partial charge is 0.480 e. The number of carbonyl (C=O) groups is 2. The van der Waals surface area contributed by atoms with E-state index in [1.54, 1.807) is 13.0 Å². The van der Waals surface area contributed by atoms with Crippen LogP contribution in [0.25, 0.3) is 22.4 Å². The number of nitrogens with zero attached hydrogens (tertiary/aromatic N) is 3. The van der Waals surface area contributed by atoms with Gasteiger partial charge in [0.2, 0.25) is 0 Å². The van der Waals surface area contributed by atoms with Gasteiger partial charge in [0.05, 0.1) is 22.3 Å². The molecule has 0 spiro atoms. The molecule has 0 aliphatic carbocycles. The molecular formula is C19H21N3O5. The number of fused-ring (bicyclic) bond motifs is 1. The van der Waals surface area contributed by atoms with E-state index in [1.807, 2.05) is 26.8 Å². The van der Waals surface area contributed by atoms with E-state index < -0.39 is 11.9 Å². The van der Waals surface area contributed by atoms with Gasteiger partial charge in [-0.2, -0.15) is 0 Å². The Morgan fingerprint density at radius 2 is 1.96 bits per heavy atom. The maximum atomic E-state index is 13.2. The summed E-state index contributed by atoms with van der Waals surface area (Å²) in [5, 5.41) is 13.6. The van der Waals surface area contributed by atoms with Gasteiger partial charge in [0.1, 0.15) is 18.1 Å². The normalized spacial score (nSPS) is 11.1. The first kappa shape index (κ1) is 18.6. The zero-order valence-electron chi connectivity index (χ0n) is 15.7. The number of aryl methyl sites for hydroxylation is 3. The molecule has 3 heterocycles. The quantitative estimate of drug-likeness (QED) is 0.707. The summed E-state index contributed by atoms with van der Waals surface area (Å²) >= 11 is 0. The number of hydrogen-bond donors (Lipinski definition) is 1. The molecule has 3 rings (SSSR count). The molecule has 0 atom stereocenters. The lowest BCUT2D eigenvalue weighted by atomic mass is 10.0. The van der Waals surface area contributed by atoms with Crippen LogP contribution in [-0.4, -0.2) is 45.1 Å². The molecule has 0 unspecified atom stereocenters. The molecular weight excluding hydrogens is 350 g/mol. The van der Waals surface area contributed by atoms with E-state index in [1.165, 1.54) is 4.90 Å². The van der Waals surface area contributed by atoms with E-state index in [4.69, 9.17) is 14.0 Å². The second-order valence-corrected chi connectivity index (χ2v) is 6.45. The second-order valence-electron chi connectivity index (χ2n) is 6.45. The van der Waals surface area contributed by atoms with Crippen molar-refractivity contribution < 1.29 is 23.6 Å². The Hall–Kier alpha value is -3.16. The zero-order valence-corrected chi connectivity index (χ0v) is 15.7. The van der Waals surface area contributed by atoms with Crippen LogP contribution in [0.4, 0.5) is 0 Å². The van der Waals surface area contributed by atoms with Crippen LogP contribution in [-0.2, 0) is 4.79 Å². The van der Waals surface area contributed by atoms with E-state index in [2.05, 4.69) is 10.1 Å². The summed E-state index contributed by atoms with van der Waals surface area (Å²) in [4.78, 5) is 30.1. The summed E-state index contributed by atoms with van der Waals surface area (Å²) in [7, 11) is 0. The number of aliphatic carboxylic acids is 1. The van der Waals surface area contributed by atoms with Crippen molar-refractivity contribution in [3.63, 3.8) is 0 Å². The van der Waals surface area contributed by atoms with Crippen molar-refractivity contribution in [3.05, 3.63) is 34.9 Å². The monoisotopic (exact) mass is 371 g/mol. The predicted molar refractivity (Wildman–Crippen MR) is 97.5 cm³/mol. The van der Waals surface area contributed by atoms with E-state index in [0.717, 1.165) is 11.3 Å². The fraction of sp³-hybridized carbons (Fsp3) is 0.368. The lowest BCUT2D eigenvalue weighted by Gasteiger charge is -2.20. The van der Waals surface area contributed by atoms with Gasteiger partial charge in [-0.25, -0.2) is 4.98 Å². The van der Waals surface area contributed by atoms with Gasteiger partial charge < -0.3 is 18.9 Å². The first-order chi connectivity index (χ1) is 12.8. The van der Waals surface area contributed by atoms with Crippen molar-refractivity contribution >= 4 is 23.0 Å². The maximum Gasteiger partial charge on any atom is 0.323 e. The molecule has 0 aliphatic rings. The number of amides is 1. The molecule has 8 nitrogen and oxygen atoms in total. The Morgan fingerprint density at radius 1 is 1.22 bits per heavy atom. The van der Waals surface area contributed by atoms with Crippen LogP contribution in [0.15, 0.2) is 21.1 Å². The minimum Gasteiger partial charge on any atom is -0.480 e. The molecule has 0 saturated heterocycles. The van der Waals surface area contributed by atoms with Crippen LogP contribution in [0.1, 0.15) is 40.9 Å². The van der Waals surface area contributed by atoms with Crippen molar-refractivity contribution in [3.8, 4) is 11.3 Å². The standard InChI is InChI=1S/C19H21N3O5/c1-5-6-22(9-16(23)24)19(25)14-8-15(13-7-10(2)26-12(13)4)20-18-17(14)11(3)21-27-18/h7-8H,5-6,9H2,1-4H3,(H,23,24). The average Bonchev–Trinajstić information content (AvgIpc) is 3.14. The molecule has 0 saturated carbocycles. The van der Waals surface area contributed by atoms with E-state index in [0.29, 0.717) is 41.1 Å². The molecule has 1 N–H and O–H groups in total. The summed E-state index contributed by atoms with van der Waals surface area (Å²) in [6.07, 6.45) is 0.642. The average molecular weight is 371 g/mol. The van der Waals surface area contributed by atoms with E-state index >= 15 is 0 Å². The highest BCUT2D eigenvalue weighted by molar-refractivity contribution is 6.07. The Bertz CT molecular complexity index is 1020. The highest BCUT2D eigenvalue weighted by Gasteiger charge is 2.25. The lowest BCUT2D eigenvalue weighted by Crippen LogP contribution is -2.36. The summed E-state index contributed by atoms with van der Waals surface area (Å²) in [5.74, 6) is -0.0582. The van der Waals surface area contributed by atoms with Gasteiger partial charge in [0.25, 0.3) is 11.6 Å². The number of rotatable bonds is 6. The molecule has 0 aliphatic heterocycles. The van der Waals surface area contributed by atoms with Crippen LogP contribution in [0.2, 0.25) is 0 Å². The number of pyridine rings is 1. The number of hydrogen-bond acceptors (Lipinski definition) is 6. The van der Waals surface area contributed by atoms with Gasteiger partial charge in [0, 0.05) is 12.1 Å². The lowest BCUT2D eigenvalue weighted by molar-refractivity contribution is -0.137. The molecule has 27 heavy (non-hydrogen) atoms. The maximum absolute atomic E-state index is 13.2. The third-order valence-corrected chi connectivity index (χ3v) is 4.27. The van der Waals surface area contributed by atoms with Crippen LogP contribution < -0.4 is 0 Å². The van der Waals surface area contributed by atoms with Crippen molar-refractivity contribution in [2.45, 2.75) is 34.1 Å². The Morgan fingerprint density at radius 3 is 2.56 bits per heavy atom. The first-order valence-corrected chi connectivity index (χ1v) is 8.67. The fourth-order valence-corrected chi connectivity index (χ4v) is 3.14. The topological polar surface area (TPSA) is 110 Å². The summed E-state index contributed by atoms with van der Waals surface area (Å²) in [6, 6.07) is 3.48. The summed E-state index contributed by atoms with van der Waals surface area (Å²) in [6.45, 7) is 7.21. The fourth-order valence-electron chi connectivity index (χ4n) is 3.14. The van der Waals surface area contributed by atoms with Gasteiger partial charge in [-0.3, -0.25) is 9.59 Å². The van der Waals surface area contributed by atoms with Gasteiger partial charge in [-0.05, 0) is 39.3 Å².